The minimum absolute atomic E-state index is 0.321. The molecule has 0 spiro atoms. The van der Waals surface area contributed by atoms with E-state index in [4.69, 9.17) is 4.74 Å². The van der Waals surface area contributed by atoms with Crippen molar-refractivity contribution in [2.45, 2.75) is 38.6 Å². The molecule has 32 heavy (non-hydrogen) atoms. The zero-order chi connectivity index (χ0) is 21.8. The zero-order valence-electron chi connectivity index (χ0n) is 18.9. The van der Waals surface area contributed by atoms with Crippen LogP contribution in [0.3, 0.4) is 0 Å². The van der Waals surface area contributed by atoms with Crippen LogP contribution in [0, 0.1) is 5.92 Å². The van der Waals surface area contributed by atoms with Gasteiger partial charge in [-0.25, -0.2) is 4.98 Å². The molecule has 3 aliphatic rings. The Labute approximate surface area is 191 Å². The van der Waals surface area contributed by atoms with Crippen molar-refractivity contribution in [2.24, 2.45) is 5.92 Å². The third-order valence-corrected chi connectivity index (χ3v) is 7.14. The van der Waals surface area contributed by atoms with Crippen LogP contribution in [0.25, 0.3) is 0 Å². The van der Waals surface area contributed by atoms with Crippen LogP contribution in [-0.4, -0.2) is 66.6 Å². The fourth-order valence-electron chi connectivity index (χ4n) is 5.34. The van der Waals surface area contributed by atoms with Gasteiger partial charge in [0.2, 0.25) is 5.91 Å². The third kappa shape index (κ3) is 5.07. The molecule has 1 aromatic heterocycles. The quantitative estimate of drug-likeness (QED) is 0.698. The number of anilines is 1. The molecule has 6 nitrogen and oxygen atoms in total. The summed E-state index contributed by atoms with van der Waals surface area (Å²) >= 11 is 0. The van der Waals surface area contributed by atoms with Gasteiger partial charge in [-0.2, -0.15) is 0 Å². The number of carbonyl (C=O) groups is 1. The predicted molar refractivity (Wildman–Crippen MR) is 126 cm³/mol. The lowest BCUT2D eigenvalue weighted by Gasteiger charge is -2.36. The van der Waals surface area contributed by atoms with Crippen molar-refractivity contribution < 1.29 is 9.53 Å². The minimum atomic E-state index is 0.321. The van der Waals surface area contributed by atoms with Gasteiger partial charge >= 0.3 is 0 Å². The van der Waals surface area contributed by atoms with Crippen molar-refractivity contribution in [3.63, 3.8) is 0 Å². The number of ether oxygens (including phenoxy) is 1. The Hall–Kier alpha value is -2.60. The van der Waals surface area contributed by atoms with Gasteiger partial charge in [0.1, 0.15) is 11.6 Å². The smallest absolute Gasteiger partial charge is 0.222 e. The number of aromatic nitrogens is 1. The van der Waals surface area contributed by atoms with E-state index in [-0.39, 0.29) is 0 Å². The number of pyridine rings is 1. The fraction of sp³-hybridized carbons (Fsp3) is 0.538. The number of benzene rings is 1. The molecule has 1 amide bonds. The second-order valence-corrected chi connectivity index (χ2v) is 9.38. The van der Waals surface area contributed by atoms with Crippen molar-refractivity contribution in [1.29, 1.82) is 0 Å². The number of amides is 1. The summed E-state index contributed by atoms with van der Waals surface area (Å²) < 4.78 is 5.64. The van der Waals surface area contributed by atoms with E-state index in [9.17, 15) is 4.79 Å². The molecule has 0 radical (unpaired) electrons. The van der Waals surface area contributed by atoms with Gasteiger partial charge in [0.25, 0.3) is 0 Å². The second kappa shape index (κ2) is 9.90. The first-order valence-corrected chi connectivity index (χ1v) is 12.2. The summed E-state index contributed by atoms with van der Waals surface area (Å²) in [5, 5.41) is 0. The van der Waals surface area contributed by atoms with Crippen molar-refractivity contribution in [2.75, 3.05) is 50.8 Å². The van der Waals surface area contributed by atoms with E-state index in [2.05, 4.69) is 33.0 Å². The maximum absolute atomic E-state index is 12.8. The average Bonchev–Trinajstić information content (AvgIpc) is 3.31. The lowest BCUT2D eigenvalue weighted by atomic mass is 9.92. The Morgan fingerprint density at radius 2 is 2.00 bits per heavy atom. The first-order chi connectivity index (χ1) is 15.7. The second-order valence-electron chi connectivity index (χ2n) is 9.38. The highest BCUT2D eigenvalue weighted by Gasteiger charge is 2.25. The maximum Gasteiger partial charge on any atom is 0.222 e. The Balaban J connectivity index is 1.06. The van der Waals surface area contributed by atoms with Gasteiger partial charge in [-0.1, -0.05) is 18.2 Å². The third-order valence-electron chi connectivity index (χ3n) is 7.14. The lowest BCUT2D eigenvalue weighted by Crippen LogP contribution is -2.49. The monoisotopic (exact) mass is 434 g/mol. The number of hydrogen-bond donors (Lipinski definition) is 0. The van der Waals surface area contributed by atoms with Gasteiger partial charge in [-0.05, 0) is 61.1 Å². The number of piperazine rings is 1. The van der Waals surface area contributed by atoms with Crippen LogP contribution >= 0.6 is 0 Å². The van der Waals surface area contributed by atoms with Gasteiger partial charge in [-0.3, -0.25) is 9.69 Å². The van der Waals surface area contributed by atoms with Gasteiger partial charge in [0, 0.05) is 58.3 Å². The van der Waals surface area contributed by atoms with Gasteiger partial charge in [-0.15, -0.1) is 0 Å². The summed E-state index contributed by atoms with van der Waals surface area (Å²) in [6.45, 7) is 7.42. The highest BCUT2D eigenvalue weighted by molar-refractivity contribution is 5.76. The fourth-order valence-corrected chi connectivity index (χ4v) is 5.34. The lowest BCUT2D eigenvalue weighted by molar-refractivity contribution is -0.131. The molecular weight excluding hydrogens is 400 g/mol. The predicted octanol–water partition coefficient (Wildman–Crippen LogP) is 3.36. The minimum Gasteiger partial charge on any atom is -0.493 e. The molecule has 0 bridgehead atoms. The zero-order valence-corrected chi connectivity index (χ0v) is 18.9. The molecule has 0 aliphatic carbocycles. The van der Waals surface area contributed by atoms with Crippen molar-refractivity contribution in [3.8, 4) is 5.75 Å². The maximum atomic E-state index is 12.8. The summed E-state index contributed by atoms with van der Waals surface area (Å²) in [5.41, 5.74) is 2.74. The molecule has 170 valence electrons. The summed E-state index contributed by atoms with van der Waals surface area (Å²) in [6, 6.07) is 12.7. The topological polar surface area (TPSA) is 48.9 Å². The molecule has 5 rings (SSSR count). The molecule has 3 aliphatic heterocycles. The number of carbonyl (C=O) groups excluding carboxylic acids is 1. The Morgan fingerprint density at radius 3 is 2.84 bits per heavy atom. The first-order valence-electron chi connectivity index (χ1n) is 12.2. The summed E-state index contributed by atoms with van der Waals surface area (Å²) in [5.74, 6) is 3.02. The van der Waals surface area contributed by atoms with E-state index in [1.165, 1.54) is 24.0 Å². The summed E-state index contributed by atoms with van der Waals surface area (Å²) in [6.07, 6.45) is 7.03. The standard InChI is InChI=1S/C26H34N4O2/c31-26(30-15-13-29(14-16-30)25-5-1-2-11-27-25)9-7-21-4-3-12-28(19-21)20-22-6-8-24-23(18-22)10-17-32-24/h1-2,5-6,8,11,18,21H,3-4,7,9-10,12-17,19-20H2/t21-/m0/s1. The van der Waals surface area contributed by atoms with E-state index in [1.54, 1.807) is 0 Å². The number of nitrogens with zero attached hydrogens (tertiary/aromatic N) is 4. The van der Waals surface area contributed by atoms with Crippen LogP contribution in [0.2, 0.25) is 0 Å². The van der Waals surface area contributed by atoms with Gasteiger partial charge in [0.05, 0.1) is 6.61 Å². The Kier molecular flexibility index (Phi) is 6.58. The van der Waals surface area contributed by atoms with Crippen molar-refractivity contribution in [1.82, 2.24) is 14.8 Å². The van der Waals surface area contributed by atoms with Crippen molar-refractivity contribution >= 4 is 11.7 Å². The van der Waals surface area contributed by atoms with Crippen LogP contribution in [0.4, 0.5) is 5.82 Å². The number of hydrogen-bond acceptors (Lipinski definition) is 5. The SMILES string of the molecule is O=C(CC[C@@H]1CCCN(Cc2ccc3c(c2)CCO3)C1)N1CCN(c2ccccn2)CC1. The summed E-state index contributed by atoms with van der Waals surface area (Å²) in [4.78, 5) is 24.2. The molecule has 1 atom stereocenters. The van der Waals surface area contributed by atoms with Crippen LogP contribution in [-0.2, 0) is 17.8 Å². The molecule has 4 heterocycles. The van der Waals surface area contributed by atoms with Crippen LogP contribution in [0.5, 0.6) is 5.75 Å². The van der Waals surface area contributed by atoms with Crippen LogP contribution < -0.4 is 9.64 Å². The Bertz CT molecular complexity index is 911. The van der Waals surface area contributed by atoms with Gasteiger partial charge < -0.3 is 14.5 Å². The molecule has 0 unspecified atom stereocenters. The highest BCUT2D eigenvalue weighted by atomic mass is 16.5. The van der Waals surface area contributed by atoms with E-state index < -0.39 is 0 Å². The molecule has 6 heteroatoms. The van der Waals surface area contributed by atoms with Crippen LogP contribution in [0.15, 0.2) is 42.6 Å². The van der Waals surface area contributed by atoms with E-state index in [0.29, 0.717) is 18.2 Å². The highest BCUT2D eigenvalue weighted by Crippen LogP contribution is 2.28. The number of likely N-dealkylation sites (tertiary alicyclic amines) is 1. The molecule has 2 saturated heterocycles. The number of rotatable bonds is 6. The number of fused-ring (bicyclic) bond motifs is 1. The van der Waals surface area contributed by atoms with E-state index in [1.807, 2.05) is 29.3 Å². The molecule has 0 saturated carbocycles. The normalized spacial score (nSPS) is 21.3. The Morgan fingerprint density at radius 1 is 1.09 bits per heavy atom. The average molecular weight is 435 g/mol. The number of piperidine rings is 1. The van der Waals surface area contributed by atoms with Crippen molar-refractivity contribution in [3.05, 3.63) is 53.7 Å². The van der Waals surface area contributed by atoms with Gasteiger partial charge in [0.15, 0.2) is 0 Å². The molecule has 1 aromatic carbocycles. The molecular formula is C26H34N4O2. The van der Waals surface area contributed by atoms with E-state index >= 15 is 0 Å². The molecule has 0 N–H and O–H groups in total. The van der Waals surface area contributed by atoms with E-state index in [0.717, 1.165) is 76.8 Å². The molecule has 2 fully saturated rings. The van der Waals surface area contributed by atoms with Crippen LogP contribution in [0.1, 0.15) is 36.8 Å². The molecule has 2 aromatic rings. The largest absolute Gasteiger partial charge is 0.493 e. The summed E-state index contributed by atoms with van der Waals surface area (Å²) in [7, 11) is 0. The first kappa shape index (κ1) is 21.3.